The molecule has 0 bridgehead atoms. The lowest BCUT2D eigenvalue weighted by atomic mass is 10.0. The van der Waals surface area contributed by atoms with Gasteiger partial charge in [0.05, 0.1) is 5.69 Å². The van der Waals surface area contributed by atoms with Crippen LogP contribution in [-0.2, 0) is 19.4 Å². The van der Waals surface area contributed by atoms with E-state index in [1.165, 1.54) is 17.0 Å². The van der Waals surface area contributed by atoms with Gasteiger partial charge in [-0.15, -0.1) is 0 Å². The van der Waals surface area contributed by atoms with Gasteiger partial charge in [-0.3, -0.25) is 4.68 Å². The lowest BCUT2D eigenvalue weighted by Crippen LogP contribution is -2.20. The van der Waals surface area contributed by atoms with Crippen molar-refractivity contribution in [1.29, 1.82) is 0 Å². The lowest BCUT2D eigenvalue weighted by Gasteiger charge is -2.17. The Bertz CT molecular complexity index is 545. The number of rotatable bonds is 6. The fraction of sp³-hybridized carbons (Fsp3) is 0.438. The van der Waals surface area contributed by atoms with Gasteiger partial charge in [0.15, 0.2) is 0 Å². The van der Waals surface area contributed by atoms with E-state index >= 15 is 0 Å². The maximum atomic E-state index is 4.62. The molecule has 1 N–H and O–H groups in total. The molecule has 2 aromatic rings. The van der Waals surface area contributed by atoms with Crippen LogP contribution >= 0.6 is 15.9 Å². The summed E-state index contributed by atoms with van der Waals surface area (Å²) in [4.78, 5) is 0. The average Bonchev–Trinajstić information content (AvgIpc) is 2.88. The van der Waals surface area contributed by atoms with Crippen LogP contribution in [0.3, 0.4) is 0 Å². The number of nitrogens with one attached hydrogen (secondary N) is 1. The first-order valence-electron chi connectivity index (χ1n) is 7.16. The van der Waals surface area contributed by atoms with Crippen molar-refractivity contribution in [1.82, 2.24) is 15.1 Å². The number of benzene rings is 1. The van der Waals surface area contributed by atoms with E-state index in [0.717, 1.165) is 23.9 Å². The van der Waals surface area contributed by atoms with Gasteiger partial charge < -0.3 is 5.32 Å². The molecule has 4 heteroatoms. The zero-order chi connectivity index (χ0) is 14.5. The lowest BCUT2D eigenvalue weighted by molar-refractivity contribution is 0.540. The normalized spacial score (nSPS) is 12.6. The molecule has 1 heterocycles. The van der Waals surface area contributed by atoms with Crippen molar-refractivity contribution in [2.75, 3.05) is 7.05 Å². The summed E-state index contributed by atoms with van der Waals surface area (Å²) in [6, 6.07) is 11.1. The van der Waals surface area contributed by atoms with Crippen LogP contribution in [0.25, 0.3) is 0 Å². The Morgan fingerprint density at radius 2 is 1.95 bits per heavy atom. The van der Waals surface area contributed by atoms with Crippen molar-refractivity contribution >= 4 is 15.9 Å². The predicted octanol–water partition coefficient (Wildman–Crippen LogP) is 3.73. The monoisotopic (exact) mass is 335 g/mol. The second kappa shape index (κ2) is 7.04. The maximum Gasteiger partial charge on any atom is 0.0624 e. The van der Waals surface area contributed by atoms with E-state index in [-0.39, 0.29) is 0 Å². The van der Waals surface area contributed by atoms with E-state index in [1.54, 1.807) is 0 Å². The first-order valence-corrected chi connectivity index (χ1v) is 7.95. The molecule has 0 aliphatic carbocycles. The molecule has 1 unspecified atom stereocenters. The number of hydrogen-bond donors (Lipinski definition) is 1. The molecule has 20 heavy (non-hydrogen) atoms. The van der Waals surface area contributed by atoms with Crippen molar-refractivity contribution < 1.29 is 0 Å². The number of nitrogens with zero attached hydrogens (tertiary/aromatic N) is 2. The largest absolute Gasteiger partial charge is 0.313 e. The third kappa shape index (κ3) is 3.49. The Labute approximate surface area is 129 Å². The Kier molecular flexibility index (Phi) is 5.38. The summed E-state index contributed by atoms with van der Waals surface area (Å²) in [5.41, 5.74) is 3.77. The molecule has 2 rings (SSSR count). The van der Waals surface area contributed by atoms with Crippen LogP contribution in [0.5, 0.6) is 0 Å². The molecule has 0 fully saturated rings. The van der Waals surface area contributed by atoms with Crippen molar-refractivity contribution in [3.8, 4) is 0 Å². The van der Waals surface area contributed by atoms with Gasteiger partial charge >= 0.3 is 0 Å². The first-order chi connectivity index (χ1) is 9.67. The molecule has 1 aromatic heterocycles. The van der Waals surface area contributed by atoms with Gasteiger partial charge in [-0.2, -0.15) is 5.10 Å². The van der Waals surface area contributed by atoms with Crippen LogP contribution in [-0.4, -0.2) is 16.8 Å². The molecule has 0 saturated carbocycles. The summed E-state index contributed by atoms with van der Waals surface area (Å²) in [7, 11) is 2.01. The van der Waals surface area contributed by atoms with Crippen molar-refractivity contribution in [3.63, 3.8) is 0 Å². The van der Waals surface area contributed by atoms with Gasteiger partial charge in [0, 0.05) is 29.2 Å². The van der Waals surface area contributed by atoms with Gasteiger partial charge in [0.2, 0.25) is 0 Å². The smallest absolute Gasteiger partial charge is 0.0624 e. The minimum absolute atomic E-state index is 0.315. The van der Waals surface area contributed by atoms with E-state index < -0.39 is 0 Å². The Hall–Kier alpha value is -1.13. The second-order valence-electron chi connectivity index (χ2n) is 4.89. The summed E-state index contributed by atoms with van der Waals surface area (Å²) in [5.74, 6) is 0. The minimum Gasteiger partial charge on any atom is -0.313 e. The number of hydrogen-bond acceptors (Lipinski definition) is 2. The van der Waals surface area contributed by atoms with Crippen molar-refractivity contribution in [2.24, 2.45) is 0 Å². The number of halogens is 1. The molecule has 3 nitrogen and oxygen atoms in total. The summed E-state index contributed by atoms with van der Waals surface area (Å²) < 4.78 is 3.23. The molecule has 1 atom stereocenters. The van der Waals surface area contributed by atoms with Crippen LogP contribution in [0, 0.1) is 0 Å². The van der Waals surface area contributed by atoms with E-state index in [2.05, 4.69) is 75.2 Å². The second-order valence-corrected chi connectivity index (χ2v) is 5.81. The van der Waals surface area contributed by atoms with Gasteiger partial charge in [-0.05, 0) is 44.2 Å². The third-order valence-corrected chi connectivity index (χ3v) is 4.14. The van der Waals surface area contributed by atoms with Crippen LogP contribution in [0.2, 0.25) is 0 Å². The van der Waals surface area contributed by atoms with Gasteiger partial charge in [-0.25, -0.2) is 0 Å². The van der Waals surface area contributed by atoms with Crippen molar-refractivity contribution in [2.45, 2.75) is 39.3 Å². The van der Waals surface area contributed by atoms with Gasteiger partial charge in [0.1, 0.15) is 0 Å². The number of aryl methyl sites for hydroxylation is 2. The van der Waals surface area contributed by atoms with Crippen molar-refractivity contribution in [3.05, 3.63) is 51.8 Å². The van der Waals surface area contributed by atoms with E-state index in [4.69, 9.17) is 0 Å². The molecule has 0 saturated heterocycles. The average molecular weight is 336 g/mol. The minimum atomic E-state index is 0.315. The fourth-order valence-electron chi connectivity index (χ4n) is 2.42. The third-order valence-electron chi connectivity index (χ3n) is 3.61. The van der Waals surface area contributed by atoms with E-state index in [1.807, 2.05) is 7.05 Å². The van der Waals surface area contributed by atoms with Gasteiger partial charge in [0.25, 0.3) is 0 Å². The first kappa shape index (κ1) is 15.3. The fourth-order valence-corrected chi connectivity index (χ4v) is 2.68. The zero-order valence-electron chi connectivity index (χ0n) is 12.4. The highest BCUT2D eigenvalue weighted by molar-refractivity contribution is 9.10. The number of likely N-dealkylation sites (N-methyl/N-ethyl adjacent to an activating group) is 1. The molecular weight excluding hydrogens is 314 g/mol. The molecule has 0 radical (unpaired) electrons. The summed E-state index contributed by atoms with van der Waals surface area (Å²) >= 11 is 3.48. The molecule has 1 aromatic carbocycles. The quantitative estimate of drug-likeness (QED) is 0.871. The molecule has 0 spiro atoms. The van der Waals surface area contributed by atoms with Crippen LogP contribution in [0.4, 0.5) is 0 Å². The molecular formula is C16H22BrN3. The van der Waals surface area contributed by atoms with E-state index in [9.17, 15) is 0 Å². The predicted molar refractivity (Wildman–Crippen MR) is 86.9 cm³/mol. The highest BCUT2D eigenvalue weighted by Gasteiger charge is 2.14. The van der Waals surface area contributed by atoms with E-state index in [0.29, 0.717) is 6.04 Å². The van der Waals surface area contributed by atoms with Crippen LogP contribution in [0.15, 0.2) is 34.8 Å². The Morgan fingerprint density at radius 3 is 2.50 bits per heavy atom. The SMILES string of the molecule is CCc1cc(CC(NC)c2ccc(Br)cc2)n(CC)n1. The van der Waals surface area contributed by atoms with Gasteiger partial charge in [-0.1, -0.05) is 35.0 Å². The molecule has 108 valence electrons. The number of aromatic nitrogens is 2. The molecule has 0 amide bonds. The molecule has 0 aliphatic heterocycles. The Balaban J connectivity index is 2.21. The molecule has 0 aliphatic rings. The zero-order valence-corrected chi connectivity index (χ0v) is 13.9. The maximum absolute atomic E-state index is 4.62. The van der Waals surface area contributed by atoms with Crippen LogP contribution < -0.4 is 5.32 Å². The standard InChI is InChI=1S/C16H22BrN3/c1-4-14-10-15(20(5-2)19-14)11-16(18-3)12-6-8-13(17)9-7-12/h6-10,16,18H,4-5,11H2,1-3H3. The highest BCUT2D eigenvalue weighted by Crippen LogP contribution is 2.21. The highest BCUT2D eigenvalue weighted by atomic mass is 79.9. The summed E-state index contributed by atoms with van der Waals surface area (Å²) in [6.07, 6.45) is 1.95. The topological polar surface area (TPSA) is 29.9 Å². The Morgan fingerprint density at radius 1 is 1.25 bits per heavy atom. The van der Waals surface area contributed by atoms with Crippen LogP contribution in [0.1, 0.15) is 36.8 Å². The summed E-state index contributed by atoms with van der Waals surface area (Å²) in [6.45, 7) is 5.21. The summed E-state index contributed by atoms with van der Waals surface area (Å²) in [5, 5.41) is 8.03.